The number of hydrogen-bond donors (Lipinski definition) is 1. The molecule has 0 saturated carbocycles. The summed E-state index contributed by atoms with van der Waals surface area (Å²) in [7, 11) is 1.46. The van der Waals surface area contributed by atoms with Crippen LogP contribution in [0.4, 0.5) is 0 Å². The van der Waals surface area contributed by atoms with Crippen LogP contribution in [0.2, 0.25) is 5.02 Å². The van der Waals surface area contributed by atoms with Crippen LogP contribution in [0.3, 0.4) is 0 Å². The van der Waals surface area contributed by atoms with Crippen molar-refractivity contribution in [2.24, 2.45) is 0 Å². The Morgan fingerprint density at radius 3 is 2.55 bits per heavy atom. The third-order valence-electron chi connectivity index (χ3n) is 2.98. The van der Waals surface area contributed by atoms with Crippen molar-refractivity contribution >= 4 is 23.5 Å². The molecule has 0 aliphatic rings. The summed E-state index contributed by atoms with van der Waals surface area (Å²) < 4.78 is 10.5. The zero-order chi connectivity index (χ0) is 16.3. The quantitative estimate of drug-likeness (QED) is 0.875. The number of hydrogen-bond acceptors (Lipinski definition) is 5. The minimum Gasteiger partial charge on any atom is -0.448 e. The maximum Gasteiger partial charge on any atom is 0.361 e. The Labute approximate surface area is 132 Å². The Hall–Kier alpha value is -2.34. The molecular formula is C15H15ClN2O4. The average molecular weight is 323 g/mol. The van der Waals surface area contributed by atoms with E-state index in [9.17, 15) is 9.59 Å². The first-order valence-electron chi connectivity index (χ1n) is 6.58. The highest BCUT2D eigenvalue weighted by atomic mass is 35.5. The van der Waals surface area contributed by atoms with Gasteiger partial charge in [0.05, 0.1) is 0 Å². The molecule has 2 rings (SSSR count). The van der Waals surface area contributed by atoms with Gasteiger partial charge in [0.2, 0.25) is 5.89 Å². The van der Waals surface area contributed by atoms with E-state index in [0.717, 1.165) is 0 Å². The van der Waals surface area contributed by atoms with E-state index >= 15 is 0 Å². The molecule has 0 spiro atoms. The fourth-order valence-corrected chi connectivity index (χ4v) is 1.90. The van der Waals surface area contributed by atoms with Crippen molar-refractivity contribution in [3.8, 4) is 11.5 Å². The summed E-state index contributed by atoms with van der Waals surface area (Å²) in [6.45, 7) is 3.08. The first kappa shape index (κ1) is 16.0. The molecule has 0 aliphatic carbocycles. The Kier molecular flexibility index (Phi) is 4.82. The maximum absolute atomic E-state index is 12.0. The average Bonchev–Trinajstić information content (AvgIpc) is 2.89. The van der Waals surface area contributed by atoms with Gasteiger partial charge in [0, 0.05) is 17.6 Å². The molecule has 22 heavy (non-hydrogen) atoms. The minimum absolute atomic E-state index is 0.0423. The molecule has 1 aromatic carbocycles. The maximum atomic E-state index is 12.0. The fourth-order valence-electron chi connectivity index (χ4n) is 1.77. The lowest BCUT2D eigenvalue weighted by molar-refractivity contribution is -0.128. The molecule has 0 bridgehead atoms. The van der Waals surface area contributed by atoms with Gasteiger partial charge in [0.25, 0.3) is 5.91 Å². The van der Waals surface area contributed by atoms with Gasteiger partial charge in [-0.2, -0.15) is 0 Å². The second-order valence-corrected chi connectivity index (χ2v) is 5.03. The smallest absolute Gasteiger partial charge is 0.361 e. The first-order valence-corrected chi connectivity index (χ1v) is 6.96. The van der Waals surface area contributed by atoms with Crippen molar-refractivity contribution in [2.75, 3.05) is 7.05 Å². The third kappa shape index (κ3) is 3.46. The number of nitrogens with one attached hydrogen (secondary N) is 1. The molecule has 1 atom stereocenters. The Morgan fingerprint density at radius 1 is 1.32 bits per heavy atom. The van der Waals surface area contributed by atoms with E-state index in [0.29, 0.717) is 16.3 Å². The summed E-state index contributed by atoms with van der Waals surface area (Å²) in [6, 6.07) is 6.86. The number of esters is 1. The van der Waals surface area contributed by atoms with Crippen molar-refractivity contribution in [3.05, 3.63) is 40.7 Å². The third-order valence-corrected chi connectivity index (χ3v) is 3.23. The lowest BCUT2D eigenvalue weighted by atomic mass is 10.2. The topological polar surface area (TPSA) is 81.4 Å². The van der Waals surface area contributed by atoms with Crippen LogP contribution in [-0.2, 0) is 9.53 Å². The summed E-state index contributed by atoms with van der Waals surface area (Å²) in [5, 5.41) is 2.99. The first-order chi connectivity index (χ1) is 10.4. The number of rotatable bonds is 4. The van der Waals surface area contributed by atoms with Crippen LogP contribution in [0.1, 0.15) is 23.2 Å². The van der Waals surface area contributed by atoms with E-state index in [-0.39, 0.29) is 11.6 Å². The number of oxazole rings is 1. The molecule has 7 heteroatoms. The molecule has 0 radical (unpaired) electrons. The molecule has 2 aromatic rings. The van der Waals surface area contributed by atoms with E-state index in [1.54, 1.807) is 31.2 Å². The van der Waals surface area contributed by atoms with Crippen molar-refractivity contribution in [2.45, 2.75) is 20.0 Å². The molecule has 6 nitrogen and oxygen atoms in total. The number of carbonyl (C=O) groups is 2. The highest BCUT2D eigenvalue weighted by Crippen LogP contribution is 2.23. The van der Waals surface area contributed by atoms with E-state index in [1.807, 2.05) is 0 Å². The fraction of sp³-hybridized carbons (Fsp3) is 0.267. The number of ether oxygens (including phenoxy) is 1. The molecule has 116 valence electrons. The van der Waals surface area contributed by atoms with Gasteiger partial charge < -0.3 is 14.5 Å². The normalized spacial score (nSPS) is 11.8. The molecule has 0 fully saturated rings. The van der Waals surface area contributed by atoms with Crippen LogP contribution < -0.4 is 5.32 Å². The molecule has 1 aromatic heterocycles. The molecule has 0 saturated heterocycles. The highest BCUT2D eigenvalue weighted by Gasteiger charge is 2.23. The molecule has 1 unspecified atom stereocenters. The summed E-state index contributed by atoms with van der Waals surface area (Å²) in [5.74, 6) is -0.502. The highest BCUT2D eigenvalue weighted by molar-refractivity contribution is 6.30. The SMILES string of the molecule is CNC(=O)C(C)OC(=O)c1nc(-c2ccc(Cl)cc2)oc1C. The van der Waals surface area contributed by atoms with Crippen LogP contribution in [0.5, 0.6) is 0 Å². The van der Waals surface area contributed by atoms with E-state index in [4.69, 9.17) is 20.8 Å². The number of likely N-dealkylation sites (N-methyl/N-ethyl adjacent to an activating group) is 1. The summed E-state index contributed by atoms with van der Waals surface area (Å²) in [5.41, 5.74) is 0.728. The number of aromatic nitrogens is 1. The monoisotopic (exact) mass is 322 g/mol. The molecular weight excluding hydrogens is 308 g/mol. The zero-order valence-corrected chi connectivity index (χ0v) is 13.1. The minimum atomic E-state index is -0.910. The van der Waals surface area contributed by atoms with Gasteiger partial charge in [-0.1, -0.05) is 11.6 Å². The number of amides is 1. The predicted molar refractivity (Wildman–Crippen MR) is 80.6 cm³/mol. The molecule has 1 N–H and O–H groups in total. The summed E-state index contributed by atoms with van der Waals surface area (Å²) in [6.07, 6.45) is -0.910. The van der Waals surface area contributed by atoms with E-state index in [2.05, 4.69) is 10.3 Å². The number of nitrogens with zero attached hydrogens (tertiary/aromatic N) is 1. The van der Waals surface area contributed by atoms with Gasteiger partial charge >= 0.3 is 5.97 Å². The second kappa shape index (κ2) is 6.62. The summed E-state index contributed by atoms with van der Waals surface area (Å²) >= 11 is 5.82. The number of halogens is 1. The van der Waals surface area contributed by atoms with Crippen LogP contribution >= 0.6 is 11.6 Å². The van der Waals surface area contributed by atoms with E-state index in [1.165, 1.54) is 14.0 Å². The standard InChI is InChI=1S/C15H15ClN2O4/c1-8-12(15(20)22-9(2)13(19)17-3)18-14(21-8)10-4-6-11(16)7-5-10/h4-7,9H,1-3H3,(H,17,19). The van der Waals surface area contributed by atoms with Crippen molar-refractivity contribution < 1.29 is 18.7 Å². The van der Waals surface area contributed by atoms with Gasteiger partial charge in [-0.15, -0.1) is 0 Å². The van der Waals surface area contributed by atoms with Gasteiger partial charge in [-0.3, -0.25) is 4.79 Å². The van der Waals surface area contributed by atoms with Gasteiger partial charge in [-0.25, -0.2) is 9.78 Å². The van der Waals surface area contributed by atoms with Gasteiger partial charge in [0.15, 0.2) is 11.8 Å². The summed E-state index contributed by atoms with van der Waals surface area (Å²) in [4.78, 5) is 27.6. The lowest BCUT2D eigenvalue weighted by Gasteiger charge is -2.10. The largest absolute Gasteiger partial charge is 0.448 e. The van der Waals surface area contributed by atoms with Gasteiger partial charge in [0.1, 0.15) is 5.76 Å². The Morgan fingerprint density at radius 2 is 1.95 bits per heavy atom. The Balaban J connectivity index is 2.21. The molecule has 1 amide bonds. The Bertz CT molecular complexity index is 694. The molecule has 0 aliphatic heterocycles. The van der Waals surface area contributed by atoms with Gasteiger partial charge in [-0.05, 0) is 38.1 Å². The van der Waals surface area contributed by atoms with Crippen molar-refractivity contribution in [1.29, 1.82) is 0 Å². The number of carbonyl (C=O) groups excluding carboxylic acids is 2. The van der Waals surface area contributed by atoms with Crippen molar-refractivity contribution in [1.82, 2.24) is 10.3 Å². The van der Waals surface area contributed by atoms with Crippen molar-refractivity contribution in [3.63, 3.8) is 0 Å². The van der Waals surface area contributed by atoms with E-state index < -0.39 is 18.0 Å². The zero-order valence-electron chi connectivity index (χ0n) is 12.3. The van der Waals surface area contributed by atoms with Crippen LogP contribution in [0.15, 0.2) is 28.7 Å². The number of aryl methyl sites for hydroxylation is 1. The number of benzene rings is 1. The van der Waals surface area contributed by atoms with Crippen LogP contribution in [0, 0.1) is 6.92 Å². The molecule has 1 heterocycles. The lowest BCUT2D eigenvalue weighted by Crippen LogP contribution is -2.33. The predicted octanol–water partition coefficient (Wildman–Crippen LogP) is 2.59. The van der Waals surface area contributed by atoms with Crippen LogP contribution in [-0.4, -0.2) is 30.0 Å². The second-order valence-electron chi connectivity index (χ2n) is 4.59. The van der Waals surface area contributed by atoms with Crippen LogP contribution in [0.25, 0.3) is 11.5 Å².